The van der Waals surface area contributed by atoms with Crippen LogP contribution in [0.4, 0.5) is 11.5 Å². The average molecular weight is 427 g/mol. The summed E-state index contributed by atoms with van der Waals surface area (Å²) in [4.78, 5) is 31.9. The van der Waals surface area contributed by atoms with Gasteiger partial charge in [-0.1, -0.05) is 25.2 Å². The van der Waals surface area contributed by atoms with Crippen molar-refractivity contribution in [3.05, 3.63) is 40.2 Å². The molecule has 0 atom stereocenters. The van der Waals surface area contributed by atoms with E-state index in [4.69, 9.17) is 10.7 Å². The summed E-state index contributed by atoms with van der Waals surface area (Å²) in [7, 11) is 0. The molecule has 0 bridgehead atoms. The summed E-state index contributed by atoms with van der Waals surface area (Å²) in [6.45, 7) is 5.94. The van der Waals surface area contributed by atoms with Gasteiger partial charge in [0, 0.05) is 30.4 Å². The maximum atomic E-state index is 12.7. The molecular formula is C21H26N6O2S. The zero-order valence-electron chi connectivity index (χ0n) is 17.2. The molecule has 0 spiro atoms. The highest BCUT2D eigenvalue weighted by Gasteiger charge is 2.17. The van der Waals surface area contributed by atoms with Crippen molar-refractivity contribution in [1.82, 2.24) is 14.6 Å². The summed E-state index contributed by atoms with van der Waals surface area (Å²) in [6.07, 6.45) is 3.46. The average Bonchev–Trinajstić information content (AvgIpc) is 3.19. The van der Waals surface area contributed by atoms with Gasteiger partial charge in [-0.3, -0.25) is 9.59 Å². The van der Waals surface area contributed by atoms with Gasteiger partial charge in [0.25, 0.3) is 5.56 Å². The molecule has 8 nitrogen and oxygen atoms in total. The first kappa shape index (κ1) is 20.5. The Morgan fingerprint density at radius 1 is 1.20 bits per heavy atom. The highest BCUT2D eigenvalue weighted by molar-refractivity contribution is 7.19. The molecule has 3 N–H and O–H groups in total. The monoisotopic (exact) mass is 426 g/mol. The van der Waals surface area contributed by atoms with E-state index in [0.29, 0.717) is 15.7 Å². The number of carbonyl (C=O) groups is 1. The fourth-order valence-corrected chi connectivity index (χ4v) is 4.48. The highest BCUT2D eigenvalue weighted by atomic mass is 32.1. The molecule has 1 aliphatic heterocycles. The van der Waals surface area contributed by atoms with Gasteiger partial charge in [0.1, 0.15) is 10.8 Å². The molecule has 1 aromatic carbocycles. The van der Waals surface area contributed by atoms with E-state index in [9.17, 15) is 9.59 Å². The zero-order valence-corrected chi connectivity index (χ0v) is 18.0. The van der Waals surface area contributed by atoms with Crippen molar-refractivity contribution in [3.8, 4) is 10.6 Å². The molecule has 1 aliphatic rings. The first-order valence-corrected chi connectivity index (χ1v) is 11.1. The third-order valence-corrected chi connectivity index (χ3v) is 6.21. The molecule has 1 saturated heterocycles. The number of benzene rings is 1. The SMILES string of the molecule is CC(C)c1cc(NC(=O)CN)cc(-c2nn3c(=O)cc(N4CCCCC4)nc3s2)c1. The fraction of sp³-hybridized carbons (Fsp3) is 0.429. The molecule has 0 radical (unpaired) electrons. The van der Waals surface area contributed by atoms with Crippen LogP contribution in [-0.2, 0) is 4.79 Å². The van der Waals surface area contributed by atoms with Crippen LogP contribution < -0.4 is 21.5 Å². The molecule has 158 valence electrons. The zero-order chi connectivity index (χ0) is 21.3. The van der Waals surface area contributed by atoms with Crippen LogP contribution in [0.1, 0.15) is 44.6 Å². The largest absolute Gasteiger partial charge is 0.356 e. The van der Waals surface area contributed by atoms with Gasteiger partial charge in [-0.2, -0.15) is 9.61 Å². The van der Waals surface area contributed by atoms with E-state index in [1.165, 1.54) is 22.3 Å². The standard InChI is InChI=1S/C21H26N6O2S/c1-13(2)14-8-15(10-16(9-14)23-18(28)12-22)20-25-27-19(29)11-17(24-21(27)30-20)26-6-4-3-5-7-26/h8-11,13H,3-7,12,22H2,1-2H3,(H,23,28). The number of carbonyl (C=O) groups excluding carboxylic acids is 1. The number of hydrogen-bond acceptors (Lipinski definition) is 7. The fourth-order valence-electron chi connectivity index (χ4n) is 3.59. The van der Waals surface area contributed by atoms with Gasteiger partial charge in [-0.05, 0) is 48.9 Å². The van der Waals surface area contributed by atoms with E-state index in [-0.39, 0.29) is 23.9 Å². The highest BCUT2D eigenvalue weighted by Crippen LogP contribution is 2.31. The van der Waals surface area contributed by atoms with Crippen molar-refractivity contribution in [2.24, 2.45) is 5.73 Å². The van der Waals surface area contributed by atoms with Crippen LogP contribution in [0.25, 0.3) is 15.5 Å². The molecule has 0 saturated carbocycles. The van der Waals surface area contributed by atoms with Gasteiger partial charge in [-0.25, -0.2) is 4.98 Å². The van der Waals surface area contributed by atoms with Gasteiger partial charge in [0.05, 0.1) is 6.54 Å². The van der Waals surface area contributed by atoms with Crippen molar-refractivity contribution < 1.29 is 4.79 Å². The third kappa shape index (κ3) is 4.22. The second-order valence-corrected chi connectivity index (χ2v) is 8.81. The maximum Gasteiger partial charge on any atom is 0.277 e. The minimum absolute atomic E-state index is 0.0824. The van der Waals surface area contributed by atoms with E-state index in [2.05, 4.69) is 29.2 Å². The number of nitrogens with two attached hydrogens (primary N) is 1. The van der Waals surface area contributed by atoms with Crippen LogP contribution in [-0.4, -0.2) is 40.1 Å². The molecule has 0 aliphatic carbocycles. The van der Waals surface area contributed by atoms with Gasteiger partial charge in [0.15, 0.2) is 0 Å². The van der Waals surface area contributed by atoms with Crippen molar-refractivity contribution in [2.45, 2.75) is 39.0 Å². The van der Waals surface area contributed by atoms with Crippen LogP contribution in [0.2, 0.25) is 0 Å². The Balaban J connectivity index is 1.76. The van der Waals surface area contributed by atoms with E-state index in [0.717, 1.165) is 42.9 Å². The first-order valence-electron chi connectivity index (χ1n) is 10.3. The number of piperidine rings is 1. The van der Waals surface area contributed by atoms with Gasteiger partial charge in [0.2, 0.25) is 10.9 Å². The van der Waals surface area contributed by atoms with Crippen LogP contribution >= 0.6 is 11.3 Å². The molecule has 2 aromatic heterocycles. The molecular weight excluding hydrogens is 400 g/mol. The Morgan fingerprint density at radius 3 is 2.67 bits per heavy atom. The quantitative estimate of drug-likeness (QED) is 0.650. The predicted molar refractivity (Wildman–Crippen MR) is 120 cm³/mol. The van der Waals surface area contributed by atoms with Crippen LogP contribution in [0.5, 0.6) is 0 Å². The molecule has 4 rings (SSSR count). The number of hydrogen-bond donors (Lipinski definition) is 2. The molecule has 3 aromatic rings. The van der Waals surface area contributed by atoms with Gasteiger partial charge >= 0.3 is 0 Å². The lowest BCUT2D eigenvalue weighted by Gasteiger charge is -2.27. The summed E-state index contributed by atoms with van der Waals surface area (Å²) in [6, 6.07) is 7.40. The van der Waals surface area contributed by atoms with Crippen molar-refractivity contribution in [2.75, 3.05) is 29.9 Å². The second-order valence-electron chi connectivity index (χ2n) is 7.85. The maximum absolute atomic E-state index is 12.7. The molecule has 3 heterocycles. The van der Waals surface area contributed by atoms with Crippen molar-refractivity contribution in [1.29, 1.82) is 0 Å². The van der Waals surface area contributed by atoms with Crippen molar-refractivity contribution in [3.63, 3.8) is 0 Å². The molecule has 9 heteroatoms. The minimum Gasteiger partial charge on any atom is -0.356 e. The molecule has 1 fully saturated rings. The number of amides is 1. The number of nitrogens with zero attached hydrogens (tertiary/aromatic N) is 4. The van der Waals surface area contributed by atoms with Crippen LogP contribution in [0.15, 0.2) is 29.1 Å². The van der Waals surface area contributed by atoms with Gasteiger partial charge in [-0.15, -0.1) is 0 Å². The van der Waals surface area contributed by atoms with E-state index in [1.54, 1.807) is 6.07 Å². The Labute approximate surface area is 178 Å². The molecule has 0 unspecified atom stereocenters. The summed E-state index contributed by atoms with van der Waals surface area (Å²) in [5.41, 5.74) is 7.82. The second kappa shape index (κ2) is 8.53. The number of aromatic nitrogens is 3. The van der Waals surface area contributed by atoms with E-state index in [1.807, 2.05) is 18.2 Å². The van der Waals surface area contributed by atoms with E-state index >= 15 is 0 Å². The lowest BCUT2D eigenvalue weighted by molar-refractivity contribution is -0.114. The molecule has 1 amide bonds. The normalized spacial score (nSPS) is 14.5. The number of nitrogens with one attached hydrogen (secondary N) is 1. The Bertz CT molecular complexity index is 1130. The predicted octanol–water partition coefficient (Wildman–Crippen LogP) is 2.83. The Hall–Kier alpha value is -2.78. The first-order chi connectivity index (χ1) is 14.4. The molecule has 30 heavy (non-hydrogen) atoms. The Morgan fingerprint density at radius 2 is 1.97 bits per heavy atom. The lowest BCUT2D eigenvalue weighted by Crippen LogP contribution is -2.31. The lowest BCUT2D eigenvalue weighted by atomic mass is 10.00. The van der Waals surface area contributed by atoms with Crippen LogP contribution in [0, 0.1) is 0 Å². The topological polar surface area (TPSA) is 106 Å². The minimum atomic E-state index is -0.254. The summed E-state index contributed by atoms with van der Waals surface area (Å²) in [5, 5.41) is 8.01. The van der Waals surface area contributed by atoms with E-state index < -0.39 is 0 Å². The van der Waals surface area contributed by atoms with Crippen LogP contribution in [0.3, 0.4) is 0 Å². The summed E-state index contributed by atoms with van der Waals surface area (Å²) < 4.78 is 1.35. The number of anilines is 2. The Kier molecular flexibility index (Phi) is 5.83. The number of rotatable bonds is 5. The number of fused-ring (bicyclic) bond motifs is 1. The third-order valence-electron chi connectivity index (χ3n) is 5.25. The summed E-state index contributed by atoms with van der Waals surface area (Å²) in [5.74, 6) is 0.733. The summed E-state index contributed by atoms with van der Waals surface area (Å²) >= 11 is 1.37. The van der Waals surface area contributed by atoms with Gasteiger partial charge < -0.3 is 16.0 Å². The smallest absolute Gasteiger partial charge is 0.277 e. The van der Waals surface area contributed by atoms with Crippen molar-refractivity contribution >= 4 is 33.7 Å².